The minimum absolute atomic E-state index is 0.723. The van der Waals surface area contributed by atoms with Crippen LogP contribution < -0.4 is 10.6 Å². The van der Waals surface area contributed by atoms with Gasteiger partial charge >= 0.3 is 0 Å². The van der Waals surface area contributed by atoms with Gasteiger partial charge in [0, 0.05) is 25.0 Å². The maximum Gasteiger partial charge on any atom is 0.0994 e. The Morgan fingerprint density at radius 2 is 2.00 bits per heavy atom. The highest BCUT2D eigenvalue weighted by atomic mass is 15.1. The van der Waals surface area contributed by atoms with Gasteiger partial charge in [0.05, 0.1) is 11.6 Å². The van der Waals surface area contributed by atoms with Crippen molar-refractivity contribution < 1.29 is 0 Å². The zero-order valence-electron chi connectivity index (χ0n) is 11.2. The summed E-state index contributed by atoms with van der Waals surface area (Å²) in [4.78, 5) is 2.14. The van der Waals surface area contributed by atoms with E-state index >= 15 is 0 Å². The van der Waals surface area contributed by atoms with Gasteiger partial charge in [-0.15, -0.1) is 0 Å². The summed E-state index contributed by atoms with van der Waals surface area (Å²) in [5.41, 5.74) is 10.5. The lowest BCUT2D eigenvalue weighted by Crippen LogP contribution is -2.16. The van der Waals surface area contributed by atoms with Crippen LogP contribution in [0.1, 0.15) is 16.7 Å². The molecular formula is C16H17N3. The lowest BCUT2D eigenvalue weighted by atomic mass is 10.1. The van der Waals surface area contributed by atoms with Crippen LogP contribution in [0.3, 0.4) is 0 Å². The molecule has 19 heavy (non-hydrogen) atoms. The number of nitriles is 1. The summed E-state index contributed by atoms with van der Waals surface area (Å²) in [6.07, 6.45) is 0. The van der Waals surface area contributed by atoms with E-state index in [1.165, 1.54) is 5.56 Å². The molecule has 0 spiro atoms. The molecule has 2 rings (SSSR count). The summed E-state index contributed by atoms with van der Waals surface area (Å²) in [7, 11) is 2.03. The van der Waals surface area contributed by atoms with Crippen molar-refractivity contribution in [2.24, 2.45) is 0 Å². The standard InChI is InChI=1S/C16H17N3/c1-12-8-16(7-6-14(12)10-17)19(2)11-13-4-3-5-15(18)9-13/h3-9H,11,18H2,1-2H3. The number of hydrogen-bond acceptors (Lipinski definition) is 3. The van der Waals surface area contributed by atoms with E-state index < -0.39 is 0 Å². The second kappa shape index (κ2) is 5.45. The average molecular weight is 251 g/mol. The molecule has 0 saturated carbocycles. The van der Waals surface area contributed by atoms with Gasteiger partial charge in [0.25, 0.3) is 0 Å². The Kier molecular flexibility index (Phi) is 3.72. The van der Waals surface area contributed by atoms with Crippen LogP contribution in [0.2, 0.25) is 0 Å². The first-order valence-corrected chi connectivity index (χ1v) is 6.16. The minimum atomic E-state index is 0.723. The van der Waals surface area contributed by atoms with Gasteiger partial charge in [-0.25, -0.2) is 0 Å². The number of nitrogens with two attached hydrogens (primary N) is 1. The molecule has 3 nitrogen and oxygen atoms in total. The number of nitrogen functional groups attached to an aromatic ring is 1. The van der Waals surface area contributed by atoms with Gasteiger partial charge in [0.15, 0.2) is 0 Å². The van der Waals surface area contributed by atoms with E-state index in [0.29, 0.717) is 0 Å². The van der Waals surface area contributed by atoms with Gasteiger partial charge in [-0.1, -0.05) is 12.1 Å². The summed E-state index contributed by atoms with van der Waals surface area (Å²) >= 11 is 0. The van der Waals surface area contributed by atoms with Crippen molar-refractivity contribution in [3.05, 3.63) is 59.2 Å². The van der Waals surface area contributed by atoms with Crippen molar-refractivity contribution in [3.8, 4) is 6.07 Å². The van der Waals surface area contributed by atoms with Crippen molar-refractivity contribution in [2.45, 2.75) is 13.5 Å². The van der Waals surface area contributed by atoms with Gasteiger partial charge < -0.3 is 10.6 Å². The molecule has 0 aliphatic rings. The van der Waals surface area contributed by atoms with Gasteiger partial charge in [-0.05, 0) is 48.4 Å². The zero-order valence-corrected chi connectivity index (χ0v) is 11.2. The van der Waals surface area contributed by atoms with Crippen molar-refractivity contribution in [3.63, 3.8) is 0 Å². The molecule has 3 heteroatoms. The second-order valence-corrected chi connectivity index (χ2v) is 4.71. The first kappa shape index (κ1) is 13.0. The van der Waals surface area contributed by atoms with E-state index in [1.54, 1.807) is 0 Å². The number of rotatable bonds is 3. The lowest BCUT2D eigenvalue weighted by Gasteiger charge is -2.20. The lowest BCUT2D eigenvalue weighted by molar-refractivity contribution is 0.922. The second-order valence-electron chi connectivity index (χ2n) is 4.71. The number of anilines is 2. The molecule has 0 heterocycles. The number of benzene rings is 2. The number of hydrogen-bond donors (Lipinski definition) is 1. The Morgan fingerprint density at radius 3 is 2.63 bits per heavy atom. The predicted molar refractivity (Wildman–Crippen MR) is 78.9 cm³/mol. The molecular weight excluding hydrogens is 234 g/mol. The third-order valence-corrected chi connectivity index (χ3v) is 3.14. The normalized spacial score (nSPS) is 9.95. The summed E-state index contributed by atoms with van der Waals surface area (Å²) in [6.45, 7) is 2.74. The largest absolute Gasteiger partial charge is 0.399 e. The third-order valence-electron chi connectivity index (χ3n) is 3.14. The highest BCUT2D eigenvalue weighted by Gasteiger charge is 2.05. The van der Waals surface area contributed by atoms with Crippen molar-refractivity contribution in [1.29, 1.82) is 5.26 Å². The number of nitrogens with zero attached hydrogens (tertiary/aromatic N) is 2. The SMILES string of the molecule is Cc1cc(N(C)Cc2cccc(N)c2)ccc1C#N. The summed E-state index contributed by atoms with van der Waals surface area (Å²) < 4.78 is 0. The van der Waals surface area contributed by atoms with Crippen LogP contribution >= 0.6 is 0 Å². The number of aryl methyl sites for hydroxylation is 1. The Hall–Kier alpha value is -2.47. The van der Waals surface area contributed by atoms with E-state index in [9.17, 15) is 0 Å². The van der Waals surface area contributed by atoms with Crippen molar-refractivity contribution >= 4 is 11.4 Å². The molecule has 0 aliphatic heterocycles. The van der Waals surface area contributed by atoms with Crippen LogP contribution in [0.5, 0.6) is 0 Å². The molecule has 0 bridgehead atoms. The average Bonchev–Trinajstić information content (AvgIpc) is 2.38. The van der Waals surface area contributed by atoms with E-state index in [2.05, 4.69) is 17.0 Å². The molecule has 0 radical (unpaired) electrons. The highest BCUT2D eigenvalue weighted by Crippen LogP contribution is 2.20. The van der Waals surface area contributed by atoms with Crippen LogP contribution in [0.25, 0.3) is 0 Å². The van der Waals surface area contributed by atoms with Crippen molar-refractivity contribution in [2.75, 3.05) is 17.7 Å². The fraction of sp³-hybridized carbons (Fsp3) is 0.188. The first-order valence-electron chi connectivity index (χ1n) is 6.16. The Bertz CT molecular complexity index is 626. The molecule has 0 fully saturated rings. The highest BCUT2D eigenvalue weighted by molar-refractivity contribution is 5.53. The Labute approximate surface area is 113 Å². The maximum absolute atomic E-state index is 8.94. The molecule has 2 aromatic carbocycles. The van der Waals surface area contributed by atoms with Gasteiger partial charge in [-0.2, -0.15) is 5.26 Å². The zero-order chi connectivity index (χ0) is 13.8. The summed E-state index contributed by atoms with van der Waals surface area (Å²) in [5.74, 6) is 0. The van der Waals surface area contributed by atoms with Crippen molar-refractivity contribution in [1.82, 2.24) is 0 Å². The quantitative estimate of drug-likeness (QED) is 0.853. The monoisotopic (exact) mass is 251 g/mol. The Morgan fingerprint density at radius 1 is 1.21 bits per heavy atom. The smallest absolute Gasteiger partial charge is 0.0994 e. The van der Waals surface area contributed by atoms with Crippen LogP contribution in [0, 0.1) is 18.3 Å². The summed E-state index contributed by atoms with van der Waals surface area (Å²) in [5, 5.41) is 8.94. The van der Waals surface area contributed by atoms with Gasteiger partial charge in [-0.3, -0.25) is 0 Å². The van der Waals surface area contributed by atoms with Crippen LogP contribution in [-0.2, 0) is 6.54 Å². The van der Waals surface area contributed by atoms with E-state index in [4.69, 9.17) is 11.0 Å². The van der Waals surface area contributed by atoms with E-state index in [0.717, 1.165) is 29.0 Å². The molecule has 96 valence electrons. The van der Waals surface area contributed by atoms with Crippen LogP contribution in [-0.4, -0.2) is 7.05 Å². The minimum Gasteiger partial charge on any atom is -0.399 e. The van der Waals surface area contributed by atoms with Gasteiger partial charge in [0.2, 0.25) is 0 Å². The topological polar surface area (TPSA) is 53.0 Å². The third kappa shape index (κ3) is 3.05. The van der Waals surface area contributed by atoms with Gasteiger partial charge in [0.1, 0.15) is 0 Å². The molecule has 0 unspecified atom stereocenters. The van der Waals surface area contributed by atoms with Crippen LogP contribution in [0.4, 0.5) is 11.4 Å². The fourth-order valence-corrected chi connectivity index (χ4v) is 2.07. The molecule has 0 saturated heterocycles. The van der Waals surface area contributed by atoms with E-state index in [1.807, 2.05) is 50.4 Å². The predicted octanol–water partition coefficient (Wildman–Crippen LogP) is 3.09. The first-order chi connectivity index (χ1) is 9.10. The molecule has 0 atom stereocenters. The molecule has 0 amide bonds. The Balaban J connectivity index is 2.18. The molecule has 0 aromatic heterocycles. The maximum atomic E-state index is 8.94. The van der Waals surface area contributed by atoms with E-state index in [-0.39, 0.29) is 0 Å². The molecule has 0 aliphatic carbocycles. The molecule has 2 N–H and O–H groups in total. The summed E-state index contributed by atoms with van der Waals surface area (Å²) in [6, 6.07) is 15.9. The van der Waals surface area contributed by atoms with Crippen LogP contribution in [0.15, 0.2) is 42.5 Å². The molecule has 2 aromatic rings. The fourth-order valence-electron chi connectivity index (χ4n) is 2.07.